The highest BCUT2D eigenvalue weighted by atomic mass is 16.5. The Morgan fingerprint density at radius 3 is 2.82 bits per heavy atom. The Morgan fingerprint density at radius 1 is 1.27 bits per heavy atom. The van der Waals surface area contributed by atoms with Gasteiger partial charge in [-0.3, -0.25) is 9.59 Å². The number of amides is 1. The standard InChI is InChI=1S/C17H20N2O3/c1-13-6-5-7-15(10-13)22-14(2)11-18-16(20)12-19-9-4-3-8-17(19)21/h3-10,14H,11-12H2,1-2H3,(H,18,20)/t14-/m0/s1. The predicted octanol–water partition coefficient (Wildman–Crippen LogP) is 1.74. The second-order valence-corrected chi connectivity index (χ2v) is 5.22. The molecule has 116 valence electrons. The number of ether oxygens (including phenoxy) is 1. The molecule has 5 heteroatoms. The monoisotopic (exact) mass is 300 g/mol. The number of rotatable bonds is 6. The number of pyridine rings is 1. The number of aryl methyl sites for hydroxylation is 1. The van der Waals surface area contributed by atoms with Crippen molar-refractivity contribution in [2.24, 2.45) is 0 Å². The van der Waals surface area contributed by atoms with Gasteiger partial charge in [0, 0.05) is 12.3 Å². The lowest BCUT2D eigenvalue weighted by atomic mass is 10.2. The fraction of sp³-hybridized carbons (Fsp3) is 0.294. The van der Waals surface area contributed by atoms with Crippen LogP contribution in [-0.2, 0) is 11.3 Å². The van der Waals surface area contributed by atoms with Crippen molar-refractivity contribution in [2.45, 2.75) is 26.5 Å². The van der Waals surface area contributed by atoms with Crippen molar-refractivity contribution in [3.05, 3.63) is 64.6 Å². The fourth-order valence-electron chi connectivity index (χ4n) is 2.02. The molecule has 0 spiro atoms. The van der Waals surface area contributed by atoms with E-state index in [0.717, 1.165) is 11.3 Å². The highest BCUT2D eigenvalue weighted by molar-refractivity contribution is 5.75. The van der Waals surface area contributed by atoms with Crippen LogP contribution in [0.3, 0.4) is 0 Å². The Bertz CT molecular complexity index is 694. The number of nitrogens with zero attached hydrogens (tertiary/aromatic N) is 1. The molecule has 0 fully saturated rings. The highest BCUT2D eigenvalue weighted by Gasteiger charge is 2.08. The van der Waals surface area contributed by atoms with Crippen molar-refractivity contribution in [3.63, 3.8) is 0 Å². The molecule has 1 aromatic heterocycles. The van der Waals surface area contributed by atoms with Crippen LogP contribution in [0, 0.1) is 6.92 Å². The van der Waals surface area contributed by atoms with Crippen LogP contribution >= 0.6 is 0 Å². The van der Waals surface area contributed by atoms with Crippen LogP contribution in [0.4, 0.5) is 0 Å². The van der Waals surface area contributed by atoms with Crippen LogP contribution in [-0.4, -0.2) is 23.1 Å². The highest BCUT2D eigenvalue weighted by Crippen LogP contribution is 2.13. The Balaban J connectivity index is 1.81. The molecular weight excluding hydrogens is 280 g/mol. The molecule has 22 heavy (non-hydrogen) atoms. The summed E-state index contributed by atoms with van der Waals surface area (Å²) in [4.78, 5) is 23.4. The average molecular weight is 300 g/mol. The van der Waals surface area contributed by atoms with E-state index < -0.39 is 0 Å². The number of nitrogens with one attached hydrogen (secondary N) is 1. The Labute approximate surface area is 129 Å². The smallest absolute Gasteiger partial charge is 0.250 e. The summed E-state index contributed by atoms with van der Waals surface area (Å²) in [5.41, 5.74) is 0.930. The lowest BCUT2D eigenvalue weighted by Crippen LogP contribution is -2.37. The molecule has 1 N–H and O–H groups in total. The topological polar surface area (TPSA) is 60.3 Å². The molecule has 0 aliphatic heterocycles. The first-order valence-corrected chi connectivity index (χ1v) is 7.20. The van der Waals surface area contributed by atoms with E-state index in [4.69, 9.17) is 4.74 Å². The molecular formula is C17H20N2O3. The zero-order valence-corrected chi connectivity index (χ0v) is 12.8. The largest absolute Gasteiger partial charge is 0.489 e. The van der Waals surface area contributed by atoms with E-state index in [0.29, 0.717) is 6.54 Å². The second-order valence-electron chi connectivity index (χ2n) is 5.22. The second kappa shape index (κ2) is 7.45. The molecule has 2 aromatic rings. The molecule has 0 saturated heterocycles. The van der Waals surface area contributed by atoms with Crippen LogP contribution < -0.4 is 15.6 Å². The van der Waals surface area contributed by atoms with Gasteiger partial charge >= 0.3 is 0 Å². The van der Waals surface area contributed by atoms with E-state index in [1.165, 1.54) is 10.6 Å². The summed E-state index contributed by atoms with van der Waals surface area (Å²) < 4.78 is 7.10. The van der Waals surface area contributed by atoms with E-state index in [2.05, 4.69) is 5.32 Å². The van der Waals surface area contributed by atoms with Crippen LogP contribution in [0.2, 0.25) is 0 Å². The summed E-state index contributed by atoms with van der Waals surface area (Å²) in [7, 11) is 0. The maximum atomic E-state index is 11.8. The SMILES string of the molecule is Cc1cccc(O[C@@H](C)CNC(=O)Cn2ccccc2=O)c1. The Hall–Kier alpha value is -2.56. The van der Waals surface area contributed by atoms with Crippen molar-refractivity contribution in [2.75, 3.05) is 6.54 Å². The summed E-state index contributed by atoms with van der Waals surface area (Å²) in [6.45, 7) is 4.28. The van der Waals surface area contributed by atoms with Crippen LogP contribution in [0.25, 0.3) is 0 Å². The molecule has 2 rings (SSSR count). The maximum Gasteiger partial charge on any atom is 0.250 e. The molecule has 0 bridgehead atoms. The maximum absolute atomic E-state index is 11.8. The normalized spacial score (nSPS) is 11.7. The number of hydrogen-bond donors (Lipinski definition) is 1. The first kappa shape index (κ1) is 15.8. The molecule has 0 radical (unpaired) electrons. The van der Waals surface area contributed by atoms with Gasteiger partial charge in [0.25, 0.3) is 5.56 Å². The van der Waals surface area contributed by atoms with Gasteiger partial charge in [-0.05, 0) is 37.6 Å². The summed E-state index contributed by atoms with van der Waals surface area (Å²) >= 11 is 0. The van der Waals surface area contributed by atoms with Gasteiger partial charge in [0.2, 0.25) is 5.91 Å². The van der Waals surface area contributed by atoms with Gasteiger partial charge in [0.05, 0.1) is 6.54 Å². The predicted molar refractivity (Wildman–Crippen MR) is 85.0 cm³/mol. The quantitative estimate of drug-likeness (QED) is 0.884. The van der Waals surface area contributed by atoms with Crippen molar-refractivity contribution < 1.29 is 9.53 Å². The van der Waals surface area contributed by atoms with E-state index in [1.807, 2.05) is 38.1 Å². The molecule has 0 saturated carbocycles. The van der Waals surface area contributed by atoms with Crippen molar-refractivity contribution in [1.29, 1.82) is 0 Å². The first-order valence-electron chi connectivity index (χ1n) is 7.20. The third kappa shape index (κ3) is 4.77. The zero-order chi connectivity index (χ0) is 15.9. The number of aromatic nitrogens is 1. The molecule has 1 aromatic carbocycles. The van der Waals surface area contributed by atoms with Crippen molar-refractivity contribution >= 4 is 5.91 Å². The minimum Gasteiger partial charge on any atom is -0.489 e. The number of carbonyl (C=O) groups is 1. The molecule has 1 heterocycles. The minimum atomic E-state index is -0.215. The van der Waals surface area contributed by atoms with Gasteiger partial charge in [-0.25, -0.2) is 0 Å². The number of benzene rings is 1. The van der Waals surface area contributed by atoms with Gasteiger partial charge in [-0.15, -0.1) is 0 Å². The Morgan fingerprint density at radius 2 is 2.09 bits per heavy atom. The van der Waals surface area contributed by atoms with Crippen molar-refractivity contribution in [1.82, 2.24) is 9.88 Å². The van der Waals surface area contributed by atoms with Gasteiger partial charge in [0.15, 0.2) is 0 Å². The van der Waals surface area contributed by atoms with E-state index in [-0.39, 0.29) is 24.1 Å². The van der Waals surface area contributed by atoms with Crippen LogP contribution in [0.15, 0.2) is 53.5 Å². The Kier molecular flexibility index (Phi) is 5.36. The number of hydrogen-bond acceptors (Lipinski definition) is 3. The fourth-order valence-corrected chi connectivity index (χ4v) is 2.02. The molecule has 5 nitrogen and oxygen atoms in total. The summed E-state index contributed by atoms with van der Waals surface area (Å²) in [6, 6.07) is 12.6. The third-order valence-electron chi connectivity index (χ3n) is 3.13. The minimum absolute atomic E-state index is 0.0108. The first-order chi connectivity index (χ1) is 10.5. The summed E-state index contributed by atoms with van der Waals surface area (Å²) in [5, 5.41) is 2.77. The van der Waals surface area contributed by atoms with Gasteiger partial charge < -0.3 is 14.6 Å². The van der Waals surface area contributed by atoms with Crippen LogP contribution in [0.1, 0.15) is 12.5 Å². The zero-order valence-electron chi connectivity index (χ0n) is 12.8. The average Bonchev–Trinajstić information content (AvgIpc) is 2.48. The van der Waals surface area contributed by atoms with Gasteiger partial charge in [-0.1, -0.05) is 18.2 Å². The van der Waals surface area contributed by atoms with Gasteiger partial charge in [0.1, 0.15) is 18.4 Å². The summed E-state index contributed by atoms with van der Waals surface area (Å²) in [5.74, 6) is 0.564. The van der Waals surface area contributed by atoms with Crippen molar-refractivity contribution in [3.8, 4) is 5.75 Å². The van der Waals surface area contributed by atoms with E-state index in [1.54, 1.807) is 18.3 Å². The molecule has 1 amide bonds. The molecule has 0 aliphatic carbocycles. The number of carbonyl (C=O) groups excluding carboxylic acids is 1. The summed E-state index contributed by atoms with van der Waals surface area (Å²) in [6.07, 6.45) is 1.44. The van der Waals surface area contributed by atoms with Crippen LogP contribution in [0.5, 0.6) is 5.75 Å². The van der Waals surface area contributed by atoms with Gasteiger partial charge in [-0.2, -0.15) is 0 Å². The lowest BCUT2D eigenvalue weighted by molar-refractivity contribution is -0.122. The lowest BCUT2D eigenvalue weighted by Gasteiger charge is -2.16. The molecule has 0 aliphatic rings. The third-order valence-corrected chi connectivity index (χ3v) is 3.13. The molecule has 1 atom stereocenters. The van der Waals surface area contributed by atoms with E-state index in [9.17, 15) is 9.59 Å². The molecule has 0 unspecified atom stereocenters. The van der Waals surface area contributed by atoms with E-state index >= 15 is 0 Å².